The first kappa shape index (κ1) is 21.0. The Balaban J connectivity index is 1.72. The van der Waals surface area contributed by atoms with Crippen molar-refractivity contribution in [1.82, 2.24) is 9.88 Å². The number of alkyl halides is 3. The molecule has 9 nitrogen and oxygen atoms in total. The average Bonchev–Trinajstić information content (AvgIpc) is 3.01. The molecule has 1 aliphatic rings. The molecule has 1 atom stereocenters. The van der Waals surface area contributed by atoms with Gasteiger partial charge in [-0.2, -0.15) is 0 Å². The van der Waals surface area contributed by atoms with Crippen LogP contribution in [0.1, 0.15) is 0 Å². The number of carbonyl (C=O) groups is 2. The Morgan fingerprint density at radius 1 is 1.27 bits per heavy atom. The van der Waals surface area contributed by atoms with Gasteiger partial charge in [0.2, 0.25) is 5.88 Å². The first-order valence-electron chi connectivity index (χ1n) is 8.44. The van der Waals surface area contributed by atoms with Crippen molar-refractivity contribution in [3.8, 4) is 23.1 Å². The maximum Gasteiger partial charge on any atom is 0.573 e. The topological polar surface area (TPSA) is 99.2 Å². The standard InChI is InChI=1S/C18H16F3N3O6/c1-24-13(9-28-17(24)26)16(25)23-12-7-10(3-5-14(12)27-2)29-15-6-4-11(8-22-15)30-18(19,20)21/h3-8,13H,9H2,1-2H3,(H,23,25). The van der Waals surface area contributed by atoms with Crippen LogP contribution >= 0.6 is 0 Å². The van der Waals surface area contributed by atoms with E-state index in [-0.39, 0.29) is 23.9 Å². The molecule has 1 aromatic carbocycles. The van der Waals surface area contributed by atoms with Gasteiger partial charge in [0.15, 0.2) is 0 Å². The van der Waals surface area contributed by atoms with Gasteiger partial charge in [-0.1, -0.05) is 0 Å². The van der Waals surface area contributed by atoms with Crippen molar-refractivity contribution in [1.29, 1.82) is 0 Å². The smallest absolute Gasteiger partial charge is 0.495 e. The molecular weight excluding hydrogens is 411 g/mol. The van der Waals surface area contributed by atoms with E-state index in [4.69, 9.17) is 14.2 Å². The molecule has 1 N–H and O–H groups in total. The average molecular weight is 427 g/mol. The maximum absolute atomic E-state index is 12.5. The number of hydrogen-bond acceptors (Lipinski definition) is 7. The lowest BCUT2D eigenvalue weighted by molar-refractivity contribution is -0.274. The summed E-state index contributed by atoms with van der Waals surface area (Å²) in [6, 6.07) is 5.91. The summed E-state index contributed by atoms with van der Waals surface area (Å²) >= 11 is 0. The van der Waals surface area contributed by atoms with E-state index in [1.54, 1.807) is 0 Å². The molecule has 0 bridgehead atoms. The van der Waals surface area contributed by atoms with Gasteiger partial charge in [-0.3, -0.25) is 9.69 Å². The number of ether oxygens (including phenoxy) is 4. The Bertz CT molecular complexity index is 936. The molecule has 160 valence electrons. The molecule has 3 rings (SSSR count). The van der Waals surface area contributed by atoms with Crippen LogP contribution in [0.3, 0.4) is 0 Å². The zero-order chi connectivity index (χ0) is 21.9. The minimum atomic E-state index is -4.82. The van der Waals surface area contributed by atoms with Gasteiger partial charge >= 0.3 is 12.5 Å². The molecule has 2 heterocycles. The van der Waals surface area contributed by atoms with Crippen LogP contribution in [0.15, 0.2) is 36.5 Å². The summed E-state index contributed by atoms with van der Waals surface area (Å²) < 4.78 is 55.9. The highest BCUT2D eigenvalue weighted by atomic mass is 19.4. The first-order valence-corrected chi connectivity index (χ1v) is 8.44. The van der Waals surface area contributed by atoms with Crippen LogP contribution < -0.4 is 19.5 Å². The van der Waals surface area contributed by atoms with Crippen molar-refractivity contribution in [2.75, 3.05) is 26.1 Å². The third-order valence-electron chi connectivity index (χ3n) is 4.02. The van der Waals surface area contributed by atoms with Crippen molar-refractivity contribution in [3.63, 3.8) is 0 Å². The largest absolute Gasteiger partial charge is 0.573 e. The molecule has 2 aromatic rings. The summed E-state index contributed by atoms with van der Waals surface area (Å²) in [5.74, 6) is -0.428. The zero-order valence-corrected chi connectivity index (χ0v) is 15.7. The minimum Gasteiger partial charge on any atom is -0.495 e. The quantitative estimate of drug-likeness (QED) is 0.756. The van der Waals surface area contributed by atoms with E-state index in [1.165, 1.54) is 38.4 Å². The van der Waals surface area contributed by atoms with Crippen LogP contribution in [0.25, 0.3) is 0 Å². The number of halogens is 3. The molecule has 12 heteroatoms. The second-order valence-electron chi connectivity index (χ2n) is 6.04. The number of cyclic esters (lactones) is 1. The van der Waals surface area contributed by atoms with E-state index in [0.717, 1.165) is 17.2 Å². The van der Waals surface area contributed by atoms with Crippen molar-refractivity contribution in [3.05, 3.63) is 36.5 Å². The third kappa shape index (κ3) is 5.01. The number of likely N-dealkylation sites (N-methyl/N-ethyl adjacent to an activating group) is 1. The van der Waals surface area contributed by atoms with Crippen LogP contribution in [0.5, 0.6) is 23.1 Å². The highest BCUT2D eigenvalue weighted by molar-refractivity contribution is 5.98. The molecule has 1 fully saturated rings. The summed E-state index contributed by atoms with van der Waals surface area (Å²) in [6.07, 6.45) is -4.57. The molecule has 1 aromatic heterocycles. The van der Waals surface area contributed by atoms with E-state index in [0.29, 0.717) is 5.75 Å². The maximum atomic E-state index is 12.5. The number of benzene rings is 1. The fraction of sp³-hybridized carbons (Fsp3) is 0.278. The van der Waals surface area contributed by atoms with Crippen molar-refractivity contribution in [2.24, 2.45) is 0 Å². The molecule has 0 radical (unpaired) electrons. The van der Waals surface area contributed by atoms with Crippen LogP contribution in [0.2, 0.25) is 0 Å². The fourth-order valence-electron chi connectivity index (χ4n) is 2.55. The first-order chi connectivity index (χ1) is 14.2. The molecular formula is C18H16F3N3O6. The lowest BCUT2D eigenvalue weighted by atomic mass is 10.2. The van der Waals surface area contributed by atoms with Gasteiger partial charge in [0.05, 0.1) is 19.0 Å². The van der Waals surface area contributed by atoms with E-state index < -0.39 is 30.2 Å². The number of anilines is 1. The monoisotopic (exact) mass is 427 g/mol. The summed E-state index contributed by atoms with van der Waals surface area (Å²) in [5.41, 5.74) is 0.254. The summed E-state index contributed by atoms with van der Waals surface area (Å²) in [4.78, 5) is 28.8. The molecule has 1 unspecified atom stereocenters. The Hall–Kier alpha value is -3.70. The van der Waals surface area contributed by atoms with Crippen molar-refractivity contribution < 1.29 is 41.7 Å². The molecule has 1 saturated heterocycles. The number of nitrogens with one attached hydrogen (secondary N) is 1. The lowest BCUT2D eigenvalue weighted by Gasteiger charge is -2.17. The predicted octanol–water partition coefficient (Wildman–Crippen LogP) is 3.17. The number of amides is 2. The number of carbonyl (C=O) groups excluding carboxylic acids is 2. The van der Waals surface area contributed by atoms with Crippen LogP contribution in [-0.4, -0.2) is 55.1 Å². The molecule has 0 aliphatic carbocycles. The number of pyridine rings is 1. The summed E-state index contributed by atoms with van der Waals surface area (Å²) in [6.45, 7) is -0.0874. The van der Waals surface area contributed by atoms with Gasteiger partial charge in [-0.25, -0.2) is 9.78 Å². The highest BCUT2D eigenvalue weighted by Gasteiger charge is 2.35. The number of nitrogens with zero attached hydrogens (tertiary/aromatic N) is 2. The van der Waals surface area contributed by atoms with Gasteiger partial charge in [-0.15, -0.1) is 13.2 Å². The Morgan fingerprint density at radius 3 is 2.57 bits per heavy atom. The van der Waals surface area contributed by atoms with Gasteiger partial charge in [0.25, 0.3) is 5.91 Å². The molecule has 30 heavy (non-hydrogen) atoms. The van der Waals surface area contributed by atoms with Crippen LogP contribution in [0, 0.1) is 0 Å². The van der Waals surface area contributed by atoms with Crippen molar-refractivity contribution in [2.45, 2.75) is 12.4 Å². The van der Waals surface area contributed by atoms with Crippen molar-refractivity contribution >= 4 is 17.7 Å². The SMILES string of the molecule is COc1ccc(Oc2ccc(OC(F)(F)F)cn2)cc1NC(=O)C1COC(=O)N1C. The van der Waals surface area contributed by atoms with E-state index in [9.17, 15) is 22.8 Å². The Morgan fingerprint density at radius 2 is 2.00 bits per heavy atom. The highest BCUT2D eigenvalue weighted by Crippen LogP contribution is 2.32. The second-order valence-corrected chi connectivity index (χ2v) is 6.04. The van der Waals surface area contributed by atoms with E-state index >= 15 is 0 Å². The summed E-state index contributed by atoms with van der Waals surface area (Å²) in [5, 5.41) is 2.63. The second kappa shape index (κ2) is 8.35. The van der Waals surface area contributed by atoms with Gasteiger partial charge < -0.3 is 24.3 Å². The van der Waals surface area contributed by atoms with Gasteiger partial charge in [-0.05, 0) is 18.2 Å². The summed E-state index contributed by atoms with van der Waals surface area (Å²) in [7, 11) is 2.84. The molecule has 0 spiro atoms. The minimum absolute atomic E-state index is 0.00138. The van der Waals surface area contributed by atoms with Gasteiger partial charge in [0.1, 0.15) is 29.9 Å². The normalized spacial score (nSPS) is 16.1. The fourth-order valence-corrected chi connectivity index (χ4v) is 2.55. The molecule has 0 saturated carbocycles. The Labute approximate surface area is 168 Å². The number of rotatable bonds is 6. The van der Waals surface area contributed by atoms with E-state index in [1.807, 2.05) is 0 Å². The lowest BCUT2D eigenvalue weighted by Crippen LogP contribution is -2.40. The Kier molecular flexibility index (Phi) is 5.85. The molecule has 2 amide bonds. The number of hydrogen-bond donors (Lipinski definition) is 1. The number of aromatic nitrogens is 1. The van der Waals surface area contributed by atoms with Crippen LogP contribution in [-0.2, 0) is 9.53 Å². The van der Waals surface area contributed by atoms with Crippen LogP contribution in [0.4, 0.5) is 23.7 Å². The van der Waals surface area contributed by atoms with Gasteiger partial charge in [0, 0.05) is 19.2 Å². The molecule has 1 aliphatic heterocycles. The van der Waals surface area contributed by atoms with E-state index in [2.05, 4.69) is 15.0 Å². The zero-order valence-electron chi connectivity index (χ0n) is 15.7. The predicted molar refractivity (Wildman–Crippen MR) is 95.5 cm³/mol. The number of methoxy groups -OCH3 is 1. The third-order valence-corrected chi connectivity index (χ3v) is 4.02.